The fourth-order valence-electron chi connectivity index (χ4n) is 5.01. The van der Waals surface area contributed by atoms with Gasteiger partial charge < -0.3 is 9.80 Å². The van der Waals surface area contributed by atoms with Crippen molar-refractivity contribution in [1.29, 1.82) is 0 Å². The van der Waals surface area contributed by atoms with E-state index in [4.69, 9.17) is 11.6 Å². The third-order valence-electron chi connectivity index (χ3n) is 7.27. The van der Waals surface area contributed by atoms with Crippen molar-refractivity contribution in [2.45, 2.75) is 42.4 Å². The maximum Gasteiger partial charge on any atom is 0.285 e. The Bertz CT molecular complexity index is 1800. The average Bonchev–Trinajstić information content (AvgIpc) is 3.29. The zero-order valence-electron chi connectivity index (χ0n) is 21.1. The molecule has 1 saturated heterocycles. The minimum absolute atomic E-state index is 0.0286. The third kappa shape index (κ3) is 4.16. The van der Waals surface area contributed by atoms with E-state index in [9.17, 15) is 21.2 Å². The summed E-state index contributed by atoms with van der Waals surface area (Å²) in [5.41, 5.74) is -0.362. The quantitative estimate of drug-likeness (QED) is 0.332. The van der Waals surface area contributed by atoms with Gasteiger partial charge in [0.2, 0.25) is 16.0 Å². The van der Waals surface area contributed by atoms with Crippen molar-refractivity contribution in [3.63, 3.8) is 0 Å². The SMILES string of the molecule is CC(C)S(=O)(=O)n1ccc(S(=O)(=O)n2nc(N3CCN(c4ncccn4)CC34CC4)c3c(Cl)cc(F)cc32)c1. The summed E-state index contributed by atoms with van der Waals surface area (Å²) in [6.07, 6.45) is 7.25. The molecule has 1 aliphatic carbocycles. The number of benzene rings is 1. The van der Waals surface area contributed by atoms with Crippen LogP contribution in [0.5, 0.6) is 0 Å². The zero-order chi connectivity index (χ0) is 27.7. The largest absolute Gasteiger partial charge is 0.345 e. The van der Waals surface area contributed by atoms with Crippen molar-refractivity contribution in [3.05, 3.63) is 59.9 Å². The Morgan fingerprint density at radius 1 is 1.08 bits per heavy atom. The molecule has 0 N–H and O–H groups in total. The third-order valence-corrected chi connectivity index (χ3v) is 11.1. The Morgan fingerprint density at radius 2 is 1.79 bits per heavy atom. The van der Waals surface area contributed by atoms with E-state index in [2.05, 4.69) is 20.0 Å². The topological polar surface area (TPSA) is 123 Å². The average molecular weight is 594 g/mol. The normalized spacial score (nSPS) is 17.5. The maximum absolute atomic E-state index is 14.5. The van der Waals surface area contributed by atoms with E-state index in [1.807, 2.05) is 4.90 Å². The second kappa shape index (κ2) is 8.89. The molecule has 0 unspecified atom stereocenters. The Labute approximate surface area is 229 Å². The maximum atomic E-state index is 14.5. The minimum Gasteiger partial charge on any atom is -0.345 e. The number of hydrogen-bond donors (Lipinski definition) is 0. The molecule has 11 nitrogen and oxygen atoms in total. The fraction of sp³-hybridized carbons (Fsp3) is 0.375. The Hall–Kier alpha value is -3.23. The summed E-state index contributed by atoms with van der Waals surface area (Å²) in [5.74, 6) is 0.226. The molecule has 4 aromatic rings. The Balaban J connectivity index is 1.45. The van der Waals surface area contributed by atoms with Crippen LogP contribution < -0.4 is 9.80 Å². The molecular formula is C24H25ClFN7O4S2. The highest BCUT2D eigenvalue weighted by molar-refractivity contribution is 7.91. The summed E-state index contributed by atoms with van der Waals surface area (Å²) in [6, 6.07) is 5.14. The number of nitrogens with zero attached hydrogens (tertiary/aromatic N) is 7. The van der Waals surface area contributed by atoms with Gasteiger partial charge >= 0.3 is 0 Å². The summed E-state index contributed by atoms with van der Waals surface area (Å²) in [7, 11) is -8.20. The number of hydrogen-bond acceptors (Lipinski definition) is 9. The lowest BCUT2D eigenvalue weighted by Gasteiger charge is -2.42. The van der Waals surface area contributed by atoms with Gasteiger partial charge in [-0.3, -0.25) is 3.97 Å². The molecular weight excluding hydrogens is 569 g/mol. The van der Waals surface area contributed by atoms with Crippen molar-refractivity contribution in [1.82, 2.24) is 23.1 Å². The summed E-state index contributed by atoms with van der Waals surface area (Å²) in [5, 5.41) is 4.08. The molecule has 1 aromatic carbocycles. The lowest BCUT2D eigenvalue weighted by Crippen LogP contribution is -2.56. The van der Waals surface area contributed by atoms with Gasteiger partial charge in [0.1, 0.15) is 10.7 Å². The van der Waals surface area contributed by atoms with E-state index in [1.54, 1.807) is 18.5 Å². The molecule has 1 spiro atoms. The number of anilines is 2. The first-order chi connectivity index (χ1) is 18.4. The van der Waals surface area contributed by atoms with Crippen LogP contribution in [0.15, 0.2) is 53.9 Å². The van der Waals surface area contributed by atoms with Crippen LogP contribution in [-0.2, 0) is 20.0 Å². The van der Waals surface area contributed by atoms with E-state index in [0.29, 0.717) is 36.8 Å². The van der Waals surface area contributed by atoms with Crippen molar-refractivity contribution < 1.29 is 21.2 Å². The Kier molecular flexibility index (Phi) is 5.93. The lowest BCUT2D eigenvalue weighted by molar-refractivity contribution is 0.498. The van der Waals surface area contributed by atoms with Gasteiger partial charge in [0.25, 0.3) is 10.0 Å². The molecule has 4 heterocycles. The molecule has 0 amide bonds. The summed E-state index contributed by atoms with van der Waals surface area (Å²) >= 11 is 6.50. The first-order valence-electron chi connectivity index (χ1n) is 12.3. The van der Waals surface area contributed by atoms with E-state index in [0.717, 1.165) is 39.2 Å². The standard InChI is InChI=1S/C24H25ClFN7O4S2/c1-16(2)38(34,35)31-9-4-18(14-31)39(36,37)33-20-13-17(26)12-19(25)21(20)22(29-33)32-11-10-30(15-24(32)5-6-24)23-27-7-3-8-28-23/h3-4,7-9,12-14,16H,5-6,10-11,15H2,1-2H3. The first-order valence-corrected chi connectivity index (χ1v) is 15.6. The van der Waals surface area contributed by atoms with Gasteiger partial charge in [-0.25, -0.2) is 22.8 Å². The molecule has 1 saturated carbocycles. The summed E-state index contributed by atoms with van der Waals surface area (Å²) < 4.78 is 68.9. The highest BCUT2D eigenvalue weighted by atomic mass is 35.5. The summed E-state index contributed by atoms with van der Waals surface area (Å²) in [6.45, 7) is 4.65. The van der Waals surface area contributed by atoms with Crippen LogP contribution in [0.4, 0.5) is 16.2 Å². The molecule has 1 aliphatic heterocycles. The number of fused-ring (bicyclic) bond motifs is 1. The van der Waals surface area contributed by atoms with Crippen LogP contribution in [0.1, 0.15) is 26.7 Å². The van der Waals surface area contributed by atoms with E-state index in [1.165, 1.54) is 26.1 Å². The molecule has 15 heteroatoms. The molecule has 0 atom stereocenters. The van der Waals surface area contributed by atoms with Crippen molar-refractivity contribution in [3.8, 4) is 0 Å². The van der Waals surface area contributed by atoms with Crippen LogP contribution in [0.2, 0.25) is 5.02 Å². The van der Waals surface area contributed by atoms with Gasteiger partial charge in [0, 0.05) is 50.5 Å². The van der Waals surface area contributed by atoms with Crippen molar-refractivity contribution in [2.75, 3.05) is 29.4 Å². The van der Waals surface area contributed by atoms with E-state index >= 15 is 0 Å². The van der Waals surface area contributed by atoms with E-state index < -0.39 is 31.1 Å². The lowest BCUT2D eigenvalue weighted by atomic mass is 10.1. The molecule has 2 fully saturated rings. The summed E-state index contributed by atoms with van der Waals surface area (Å²) in [4.78, 5) is 12.5. The highest BCUT2D eigenvalue weighted by Gasteiger charge is 2.53. The Morgan fingerprint density at radius 3 is 2.46 bits per heavy atom. The van der Waals surface area contributed by atoms with Gasteiger partial charge in [-0.15, -0.1) is 5.10 Å². The number of rotatable bonds is 6. The molecule has 6 rings (SSSR count). The molecule has 39 heavy (non-hydrogen) atoms. The fourth-order valence-corrected chi connectivity index (χ4v) is 7.61. The number of piperazine rings is 1. The number of halogens is 2. The van der Waals surface area contributed by atoms with Crippen LogP contribution in [-0.4, -0.2) is 70.4 Å². The van der Waals surface area contributed by atoms with Gasteiger partial charge in [-0.1, -0.05) is 11.6 Å². The predicted molar refractivity (Wildman–Crippen MR) is 145 cm³/mol. The molecule has 3 aromatic heterocycles. The highest BCUT2D eigenvalue weighted by Crippen LogP contribution is 2.49. The molecule has 2 aliphatic rings. The van der Waals surface area contributed by atoms with Crippen molar-refractivity contribution in [2.24, 2.45) is 0 Å². The zero-order valence-corrected chi connectivity index (χ0v) is 23.5. The minimum atomic E-state index is -4.41. The van der Waals surface area contributed by atoms with Crippen LogP contribution in [0.25, 0.3) is 10.9 Å². The van der Waals surface area contributed by atoms with Crippen LogP contribution in [0, 0.1) is 5.82 Å². The number of aromatic nitrogens is 5. The van der Waals surface area contributed by atoms with Crippen LogP contribution >= 0.6 is 11.6 Å². The van der Waals surface area contributed by atoms with Crippen LogP contribution in [0.3, 0.4) is 0 Å². The second-order valence-corrected chi connectivity index (χ2v) is 14.6. The second-order valence-electron chi connectivity index (χ2n) is 10.1. The van der Waals surface area contributed by atoms with Crippen molar-refractivity contribution >= 4 is 54.3 Å². The monoisotopic (exact) mass is 593 g/mol. The first kappa shape index (κ1) is 26.0. The van der Waals surface area contributed by atoms with Gasteiger partial charge in [-0.05, 0) is 44.9 Å². The predicted octanol–water partition coefficient (Wildman–Crippen LogP) is 3.10. The molecule has 0 radical (unpaired) electrons. The van der Waals surface area contributed by atoms with Gasteiger partial charge in [0.15, 0.2) is 5.82 Å². The smallest absolute Gasteiger partial charge is 0.285 e. The van der Waals surface area contributed by atoms with Gasteiger partial charge in [-0.2, -0.15) is 12.5 Å². The molecule has 0 bridgehead atoms. The van der Waals surface area contributed by atoms with Gasteiger partial charge in [0.05, 0.1) is 26.7 Å². The van der Waals surface area contributed by atoms with E-state index in [-0.39, 0.29) is 21.0 Å². The molecule has 206 valence electrons.